The first-order valence-corrected chi connectivity index (χ1v) is 8.19. The monoisotopic (exact) mass is 359 g/mol. The van der Waals surface area contributed by atoms with Crippen LogP contribution in [0.15, 0.2) is 60.9 Å². The van der Waals surface area contributed by atoms with Crippen molar-refractivity contribution in [2.45, 2.75) is 6.54 Å². The van der Waals surface area contributed by atoms with Crippen LogP contribution in [-0.2, 0) is 6.54 Å². The number of anilines is 2. The molecule has 0 radical (unpaired) electrons. The van der Waals surface area contributed by atoms with Crippen molar-refractivity contribution in [1.82, 2.24) is 15.3 Å². The summed E-state index contributed by atoms with van der Waals surface area (Å²) >= 11 is 0. The standard InChI is InChI=1S/C20H17N5O2/c1-27-18-5-3-2-4-15(18)11-24-20(26)17-12-23-19(13-22-17)25-16-8-6-14(10-21)7-9-16/h2-9,12-13H,11H2,1H3,(H,23,25)(H,24,26). The maximum absolute atomic E-state index is 12.3. The Morgan fingerprint density at radius 3 is 2.56 bits per heavy atom. The van der Waals surface area contributed by atoms with Crippen LogP contribution in [0.2, 0.25) is 0 Å². The number of ether oxygens (including phenoxy) is 1. The van der Waals surface area contributed by atoms with Crippen LogP contribution < -0.4 is 15.4 Å². The largest absolute Gasteiger partial charge is 0.496 e. The Morgan fingerprint density at radius 2 is 1.89 bits per heavy atom. The first-order chi connectivity index (χ1) is 13.2. The first-order valence-electron chi connectivity index (χ1n) is 8.19. The summed E-state index contributed by atoms with van der Waals surface area (Å²) < 4.78 is 5.26. The maximum Gasteiger partial charge on any atom is 0.271 e. The van der Waals surface area contributed by atoms with E-state index in [4.69, 9.17) is 10.00 Å². The summed E-state index contributed by atoms with van der Waals surface area (Å²) in [6, 6.07) is 16.5. The number of rotatable bonds is 6. The van der Waals surface area contributed by atoms with Crippen LogP contribution in [0.25, 0.3) is 0 Å². The lowest BCUT2D eigenvalue weighted by molar-refractivity contribution is 0.0945. The summed E-state index contributed by atoms with van der Waals surface area (Å²) in [4.78, 5) is 20.6. The van der Waals surface area contributed by atoms with Crippen LogP contribution in [0.3, 0.4) is 0 Å². The summed E-state index contributed by atoms with van der Waals surface area (Å²) in [5.74, 6) is 0.894. The summed E-state index contributed by atoms with van der Waals surface area (Å²) in [6.07, 6.45) is 2.89. The van der Waals surface area contributed by atoms with Gasteiger partial charge in [0.2, 0.25) is 0 Å². The second-order valence-corrected chi connectivity index (χ2v) is 5.60. The molecule has 3 rings (SSSR count). The lowest BCUT2D eigenvalue weighted by atomic mass is 10.2. The molecule has 1 heterocycles. The van der Waals surface area contributed by atoms with Gasteiger partial charge in [0.25, 0.3) is 5.91 Å². The third-order valence-electron chi connectivity index (χ3n) is 3.80. The molecule has 1 aromatic heterocycles. The Morgan fingerprint density at radius 1 is 1.11 bits per heavy atom. The average Bonchev–Trinajstić information content (AvgIpc) is 2.73. The minimum absolute atomic E-state index is 0.218. The zero-order chi connectivity index (χ0) is 19.1. The van der Waals surface area contributed by atoms with E-state index in [0.29, 0.717) is 23.7 Å². The van der Waals surface area contributed by atoms with E-state index < -0.39 is 0 Å². The van der Waals surface area contributed by atoms with Crippen molar-refractivity contribution in [3.63, 3.8) is 0 Å². The molecule has 0 aliphatic heterocycles. The number of nitrogens with one attached hydrogen (secondary N) is 2. The number of amides is 1. The van der Waals surface area contributed by atoms with E-state index in [1.807, 2.05) is 24.3 Å². The molecule has 27 heavy (non-hydrogen) atoms. The van der Waals surface area contributed by atoms with Crippen molar-refractivity contribution in [3.05, 3.63) is 77.7 Å². The zero-order valence-electron chi connectivity index (χ0n) is 14.6. The van der Waals surface area contributed by atoms with Crippen LogP contribution in [0.4, 0.5) is 11.5 Å². The topological polar surface area (TPSA) is 99.9 Å². The van der Waals surface area contributed by atoms with E-state index in [-0.39, 0.29) is 11.6 Å². The van der Waals surface area contributed by atoms with Gasteiger partial charge in [-0.05, 0) is 30.3 Å². The van der Waals surface area contributed by atoms with Crippen molar-refractivity contribution in [1.29, 1.82) is 5.26 Å². The van der Waals surface area contributed by atoms with Crippen molar-refractivity contribution >= 4 is 17.4 Å². The second-order valence-electron chi connectivity index (χ2n) is 5.60. The predicted octanol–water partition coefficient (Wildman–Crippen LogP) is 3.03. The molecule has 2 aromatic carbocycles. The van der Waals surface area contributed by atoms with Gasteiger partial charge in [-0.3, -0.25) is 4.79 Å². The number of hydrogen-bond donors (Lipinski definition) is 2. The molecule has 0 saturated carbocycles. The number of methoxy groups -OCH3 is 1. The van der Waals surface area contributed by atoms with E-state index in [1.165, 1.54) is 12.4 Å². The van der Waals surface area contributed by atoms with E-state index in [1.54, 1.807) is 31.4 Å². The molecule has 0 spiro atoms. The van der Waals surface area contributed by atoms with Gasteiger partial charge in [0, 0.05) is 17.8 Å². The highest BCUT2D eigenvalue weighted by atomic mass is 16.5. The molecule has 0 atom stereocenters. The molecular formula is C20H17N5O2. The molecule has 1 amide bonds. The molecular weight excluding hydrogens is 342 g/mol. The zero-order valence-corrected chi connectivity index (χ0v) is 14.6. The SMILES string of the molecule is COc1ccccc1CNC(=O)c1cnc(Nc2ccc(C#N)cc2)cn1. The van der Waals surface area contributed by atoms with Gasteiger partial charge in [0.05, 0.1) is 31.1 Å². The number of benzene rings is 2. The van der Waals surface area contributed by atoms with Crippen LogP contribution >= 0.6 is 0 Å². The van der Waals surface area contributed by atoms with Gasteiger partial charge in [-0.1, -0.05) is 18.2 Å². The van der Waals surface area contributed by atoms with E-state index in [2.05, 4.69) is 26.7 Å². The third kappa shape index (κ3) is 4.58. The summed E-state index contributed by atoms with van der Waals surface area (Å²) in [7, 11) is 1.59. The van der Waals surface area contributed by atoms with Gasteiger partial charge in [0.1, 0.15) is 17.3 Å². The molecule has 0 bridgehead atoms. The number of aromatic nitrogens is 2. The minimum atomic E-state index is -0.321. The lowest BCUT2D eigenvalue weighted by Crippen LogP contribution is -2.24. The van der Waals surface area contributed by atoms with E-state index in [0.717, 1.165) is 11.3 Å². The summed E-state index contributed by atoms with van der Waals surface area (Å²) in [5, 5.41) is 14.7. The first kappa shape index (κ1) is 17.9. The normalized spacial score (nSPS) is 9.93. The molecule has 0 aliphatic rings. The van der Waals surface area contributed by atoms with Crippen molar-refractivity contribution in [2.75, 3.05) is 12.4 Å². The molecule has 0 aliphatic carbocycles. The van der Waals surface area contributed by atoms with Crippen LogP contribution in [-0.4, -0.2) is 23.0 Å². The number of para-hydroxylation sites is 1. The Balaban J connectivity index is 1.60. The Hall–Kier alpha value is -3.92. The number of nitriles is 1. The predicted molar refractivity (Wildman–Crippen MR) is 101 cm³/mol. The van der Waals surface area contributed by atoms with Gasteiger partial charge >= 0.3 is 0 Å². The molecule has 2 N–H and O–H groups in total. The number of nitrogens with zero attached hydrogens (tertiary/aromatic N) is 3. The van der Waals surface area contributed by atoms with Gasteiger partial charge < -0.3 is 15.4 Å². The van der Waals surface area contributed by atoms with Gasteiger partial charge in [-0.25, -0.2) is 9.97 Å². The second kappa shape index (κ2) is 8.45. The Kier molecular flexibility index (Phi) is 5.60. The van der Waals surface area contributed by atoms with Crippen molar-refractivity contribution in [3.8, 4) is 11.8 Å². The molecule has 7 heteroatoms. The van der Waals surface area contributed by atoms with Crippen LogP contribution in [0.5, 0.6) is 5.75 Å². The average molecular weight is 359 g/mol. The van der Waals surface area contributed by atoms with Crippen LogP contribution in [0.1, 0.15) is 21.6 Å². The third-order valence-corrected chi connectivity index (χ3v) is 3.80. The molecule has 0 saturated heterocycles. The fourth-order valence-corrected chi connectivity index (χ4v) is 2.40. The Bertz CT molecular complexity index is 963. The molecule has 7 nitrogen and oxygen atoms in total. The van der Waals surface area contributed by atoms with E-state index in [9.17, 15) is 4.79 Å². The maximum atomic E-state index is 12.3. The summed E-state index contributed by atoms with van der Waals surface area (Å²) in [6.45, 7) is 0.329. The highest BCUT2D eigenvalue weighted by Gasteiger charge is 2.09. The van der Waals surface area contributed by atoms with Crippen LogP contribution in [0, 0.1) is 11.3 Å². The van der Waals surface area contributed by atoms with Crippen molar-refractivity contribution in [2.24, 2.45) is 0 Å². The molecule has 0 unspecified atom stereocenters. The lowest BCUT2D eigenvalue weighted by Gasteiger charge is -2.09. The van der Waals surface area contributed by atoms with Gasteiger partial charge in [0.15, 0.2) is 0 Å². The van der Waals surface area contributed by atoms with Crippen molar-refractivity contribution < 1.29 is 9.53 Å². The van der Waals surface area contributed by atoms with Gasteiger partial charge in [-0.2, -0.15) is 5.26 Å². The fraction of sp³-hybridized carbons (Fsp3) is 0.100. The number of carbonyl (C=O) groups is 1. The van der Waals surface area contributed by atoms with E-state index >= 15 is 0 Å². The quantitative estimate of drug-likeness (QED) is 0.702. The van der Waals surface area contributed by atoms with Gasteiger partial charge in [-0.15, -0.1) is 0 Å². The fourth-order valence-electron chi connectivity index (χ4n) is 2.40. The molecule has 134 valence electrons. The molecule has 0 fully saturated rings. The number of carbonyl (C=O) groups excluding carboxylic acids is 1. The Labute approximate surface area is 156 Å². The number of hydrogen-bond acceptors (Lipinski definition) is 6. The highest BCUT2D eigenvalue weighted by Crippen LogP contribution is 2.17. The highest BCUT2D eigenvalue weighted by molar-refractivity contribution is 5.92. The molecule has 3 aromatic rings. The smallest absolute Gasteiger partial charge is 0.271 e. The summed E-state index contributed by atoms with van der Waals surface area (Å²) in [5.41, 5.74) is 2.45. The minimum Gasteiger partial charge on any atom is -0.496 e.